The van der Waals surface area contributed by atoms with Gasteiger partial charge in [-0.3, -0.25) is 0 Å². The molecule has 0 aromatic heterocycles. The molecule has 0 amide bonds. The standard InChI is InChI=1S/C20H26ClNO5/c1-6-27-20-18(25-4)7-13(8-19(20)26-5)11-22-12-14-9-16(23-2)17(24-3)10-15(14)21/h7-10,22H,6,11-12H2,1-5H3. The third-order valence-electron chi connectivity index (χ3n) is 4.01. The van der Waals surface area contributed by atoms with Crippen LogP contribution in [0.1, 0.15) is 18.1 Å². The third-order valence-corrected chi connectivity index (χ3v) is 4.36. The molecule has 0 atom stereocenters. The third kappa shape index (κ3) is 5.11. The highest BCUT2D eigenvalue weighted by atomic mass is 35.5. The molecule has 0 spiro atoms. The minimum atomic E-state index is 0.530. The van der Waals surface area contributed by atoms with Crippen LogP contribution in [0.5, 0.6) is 28.7 Å². The Bertz CT molecular complexity index is 741. The first-order chi connectivity index (χ1) is 13.1. The van der Waals surface area contributed by atoms with Crippen LogP contribution in [-0.4, -0.2) is 35.0 Å². The van der Waals surface area contributed by atoms with Crippen molar-refractivity contribution in [2.75, 3.05) is 35.0 Å². The molecule has 6 nitrogen and oxygen atoms in total. The van der Waals surface area contributed by atoms with Gasteiger partial charge in [0, 0.05) is 24.2 Å². The fraction of sp³-hybridized carbons (Fsp3) is 0.400. The lowest BCUT2D eigenvalue weighted by atomic mass is 10.1. The van der Waals surface area contributed by atoms with Gasteiger partial charge in [0.15, 0.2) is 23.0 Å². The van der Waals surface area contributed by atoms with E-state index in [2.05, 4.69) is 5.32 Å². The summed E-state index contributed by atoms with van der Waals surface area (Å²) in [6.07, 6.45) is 0. The number of ether oxygens (including phenoxy) is 5. The predicted octanol–water partition coefficient (Wildman–Crippen LogP) is 4.06. The lowest BCUT2D eigenvalue weighted by Gasteiger charge is -2.16. The summed E-state index contributed by atoms with van der Waals surface area (Å²) in [5.74, 6) is 3.12. The normalized spacial score (nSPS) is 10.4. The van der Waals surface area contributed by atoms with Crippen molar-refractivity contribution in [1.82, 2.24) is 5.32 Å². The maximum atomic E-state index is 6.34. The molecule has 2 aromatic carbocycles. The number of rotatable bonds is 10. The summed E-state index contributed by atoms with van der Waals surface area (Å²) in [6, 6.07) is 7.47. The van der Waals surface area contributed by atoms with E-state index in [9.17, 15) is 0 Å². The van der Waals surface area contributed by atoms with Crippen LogP contribution >= 0.6 is 11.6 Å². The van der Waals surface area contributed by atoms with Gasteiger partial charge in [-0.1, -0.05) is 11.6 Å². The Morgan fingerprint density at radius 2 is 1.33 bits per heavy atom. The van der Waals surface area contributed by atoms with E-state index < -0.39 is 0 Å². The number of hydrogen-bond acceptors (Lipinski definition) is 6. The van der Waals surface area contributed by atoms with Crippen molar-refractivity contribution in [3.63, 3.8) is 0 Å². The fourth-order valence-electron chi connectivity index (χ4n) is 2.70. The summed E-state index contributed by atoms with van der Waals surface area (Å²) in [6.45, 7) is 3.62. The summed E-state index contributed by atoms with van der Waals surface area (Å²) < 4.78 is 27.1. The van der Waals surface area contributed by atoms with Crippen molar-refractivity contribution in [3.05, 3.63) is 40.4 Å². The largest absolute Gasteiger partial charge is 0.493 e. The van der Waals surface area contributed by atoms with E-state index in [1.54, 1.807) is 34.5 Å². The minimum Gasteiger partial charge on any atom is -0.493 e. The average molecular weight is 396 g/mol. The molecule has 27 heavy (non-hydrogen) atoms. The minimum absolute atomic E-state index is 0.530. The first-order valence-electron chi connectivity index (χ1n) is 8.56. The van der Waals surface area contributed by atoms with Gasteiger partial charge in [0.1, 0.15) is 0 Å². The second-order valence-corrected chi connectivity index (χ2v) is 6.07. The number of hydrogen-bond donors (Lipinski definition) is 1. The molecule has 0 aliphatic heterocycles. The molecular formula is C20H26ClNO5. The van der Waals surface area contributed by atoms with Crippen LogP contribution < -0.4 is 29.0 Å². The van der Waals surface area contributed by atoms with Gasteiger partial charge in [0.05, 0.1) is 35.0 Å². The van der Waals surface area contributed by atoms with Crippen LogP contribution in [0.3, 0.4) is 0 Å². The fourth-order valence-corrected chi connectivity index (χ4v) is 2.92. The smallest absolute Gasteiger partial charge is 0.203 e. The summed E-state index contributed by atoms with van der Waals surface area (Å²) in [5, 5.41) is 3.98. The Morgan fingerprint density at radius 3 is 1.85 bits per heavy atom. The molecule has 0 heterocycles. The van der Waals surface area contributed by atoms with E-state index in [1.807, 2.05) is 25.1 Å². The summed E-state index contributed by atoms with van der Waals surface area (Å²) >= 11 is 6.34. The number of nitrogens with one attached hydrogen (secondary N) is 1. The molecule has 1 N–H and O–H groups in total. The van der Waals surface area contributed by atoms with Crippen LogP contribution in [0.15, 0.2) is 24.3 Å². The zero-order valence-electron chi connectivity index (χ0n) is 16.3. The van der Waals surface area contributed by atoms with Crippen LogP contribution in [0.4, 0.5) is 0 Å². The van der Waals surface area contributed by atoms with Crippen molar-refractivity contribution in [1.29, 1.82) is 0 Å². The molecule has 0 radical (unpaired) electrons. The summed E-state index contributed by atoms with van der Waals surface area (Å²) in [4.78, 5) is 0. The van der Waals surface area contributed by atoms with E-state index in [1.165, 1.54) is 0 Å². The summed E-state index contributed by atoms with van der Waals surface area (Å²) in [7, 11) is 6.40. The molecular weight excluding hydrogens is 370 g/mol. The molecule has 2 aromatic rings. The van der Waals surface area contributed by atoms with Crippen molar-refractivity contribution in [2.45, 2.75) is 20.0 Å². The van der Waals surface area contributed by atoms with E-state index in [-0.39, 0.29) is 0 Å². The zero-order valence-corrected chi connectivity index (χ0v) is 17.1. The Kier molecular flexibility index (Phi) is 7.88. The highest BCUT2D eigenvalue weighted by Crippen LogP contribution is 2.38. The number of methoxy groups -OCH3 is 4. The molecule has 2 rings (SSSR count). The first kappa shape index (κ1) is 21.0. The monoisotopic (exact) mass is 395 g/mol. The van der Waals surface area contributed by atoms with Crippen molar-refractivity contribution in [2.24, 2.45) is 0 Å². The molecule has 0 bridgehead atoms. The second-order valence-electron chi connectivity index (χ2n) is 5.66. The van der Waals surface area contributed by atoms with Gasteiger partial charge in [0.2, 0.25) is 5.75 Å². The maximum absolute atomic E-state index is 6.34. The van der Waals surface area contributed by atoms with Gasteiger partial charge in [0.25, 0.3) is 0 Å². The molecule has 148 valence electrons. The molecule has 0 fully saturated rings. The van der Waals surface area contributed by atoms with Crippen LogP contribution in [-0.2, 0) is 13.1 Å². The Balaban J connectivity index is 2.13. The van der Waals surface area contributed by atoms with E-state index in [0.29, 0.717) is 53.5 Å². The van der Waals surface area contributed by atoms with Gasteiger partial charge in [-0.25, -0.2) is 0 Å². The van der Waals surface area contributed by atoms with Gasteiger partial charge in [-0.05, 0) is 36.2 Å². The lowest BCUT2D eigenvalue weighted by molar-refractivity contribution is 0.288. The van der Waals surface area contributed by atoms with Crippen molar-refractivity contribution < 1.29 is 23.7 Å². The highest BCUT2D eigenvalue weighted by Gasteiger charge is 2.14. The topological polar surface area (TPSA) is 58.2 Å². The summed E-state index contributed by atoms with van der Waals surface area (Å²) in [5.41, 5.74) is 1.92. The van der Waals surface area contributed by atoms with Gasteiger partial charge < -0.3 is 29.0 Å². The van der Waals surface area contributed by atoms with Gasteiger partial charge in [-0.2, -0.15) is 0 Å². The Labute approximate surface area is 165 Å². The molecule has 7 heteroatoms. The Hall–Kier alpha value is -2.31. The average Bonchev–Trinajstić information content (AvgIpc) is 2.69. The predicted molar refractivity (Wildman–Crippen MR) is 106 cm³/mol. The Morgan fingerprint density at radius 1 is 0.778 bits per heavy atom. The quantitative estimate of drug-likeness (QED) is 0.654. The zero-order chi connectivity index (χ0) is 19.8. The molecule has 0 saturated carbocycles. The van der Waals surface area contributed by atoms with Crippen molar-refractivity contribution in [3.8, 4) is 28.7 Å². The van der Waals surface area contributed by atoms with E-state index in [0.717, 1.165) is 11.1 Å². The van der Waals surface area contributed by atoms with Crippen LogP contribution in [0.25, 0.3) is 0 Å². The highest BCUT2D eigenvalue weighted by molar-refractivity contribution is 6.31. The maximum Gasteiger partial charge on any atom is 0.203 e. The van der Waals surface area contributed by atoms with E-state index in [4.69, 9.17) is 35.3 Å². The second kappa shape index (κ2) is 10.1. The molecule has 0 saturated heterocycles. The number of benzene rings is 2. The van der Waals surface area contributed by atoms with Gasteiger partial charge in [-0.15, -0.1) is 0 Å². The van der Waals surface area contributed by atoms with Crippen LogP contribution in [0, 0.1) is 0 Å². The lowest BCUT2D eigenvalue weighted by Crippen LogP contribution is -2.13. The van der Waals surface area contributed by atoms with E-state index >= 15 is 0 Å². The molecule has 0 aliphatic carbocycles. The van der Waals surface area contributed by atoms with Crippen molar-refractivity contribution >= 4 is 11.6 Å². The number of halogens is 1. The van der Waals surface area contributed by atoms with Crippen LogP contribution in [0.2, 0.25) is 5.02 Å². The first-order valence-corrected chi connectivity index (χ1v) is 8.94. The molecule has 0 unspecified atom stereocenters. The van der Waals surface area contributed by atoms with Gasteiger partial charge >= 0.3 is 0 Å². The molecule has 0 aliphatic rings. The SMILES string of the molecule is CCOc1c(OC)cc(CNCc2cc(OC)c(OC)cc2Cl)cc1OC.